The first-order valence-corrected chi connectivity index (χ1v) is 8.61. The summed E-state index contributed by atoms with van der Waals surface area (Å²) in [6, 6.07) is 8.33. The monoisotopic (exact) mass is 347 g/mol. The first-order chi connectivity index (χ1) is 11.3. The van der Waals surface area contributed by atoms with Crippen molar-refractivity contribution in [3.8, 4) is 0 Å². The van der Waals surface area contributed by atoms with Gasteiger partial charge in [0.15, 0.2) is 5.58 Å². The average molecular weight is 347 g/mol. The van der Waals surface area contributed by atoms with Gasteiger partial charge in [0.25, 0.3) is 0 Å². The first kappa shape index (κ1) is 14.3. The Labute approximate surface area is 138 Å². The van der Waals surface area contributed by atoms with E-state index in [-0.39, 0.29) is 5.82 Å². The zero-order chi connectivity index (χ0) is 15.6. The average Bonchev–Trinajstić information content (AvgIpc) is 3.26. The van der Waals surface area contributed by atoms with Gasteiger partial charge in [-0.2, -0.15) is 0 Å². The lowest BCUT2D eigenvalue weighted by molar-refractivity contribution is 0.550. The summed E-state index contributed by atoms with van der Waals surface area (Å²) in [5.74, 6) is 0.648. The highest BCUT2D eigenvalue weighted by Crippen LogP contribution is 2.24. The Morgan fingerprint density at radius 2 is 2.26 bits per heavy atom. The third kappa shape index (κ3) is 3.10. The van der Waals surface area contributed by atoms with Crippen LogP contribution < -0.4 is 0 Å². The number of fused-ring (bicyclic) bond motifs is 1. The molecule has 0 aliphatic carbocycles. The van der Waals surface area contributed by atoms with Crippen molar-refractivity contribution in [3.63, 3.8) is 0 Å². The van der Waals surface area contributed by atoms with E-state index in [9.17, 15) is 4.39 Å². The minimum atomic E-state index is -0.340. The van der Waals surface area contributed by atoms with E-state index in [1.54, 1.807) is 22.1 Å². The predicted octanol–water partition coefficient (Wildman–Crippen LogP) is 3.36. The quantitative estimate of drug-likeness (QED) is 0.516. The molecule has 1 aromatic carbocycles. The molecule has 0 radical (unpaired) electrons. The highest BCUT2D eigenvalue weighted by atomic mass is 32.2. The van der Waals surface area contributed by atoms with Crippen molar-refractivity contribution in [2.75, 3.05) is 0 Å². The topological polar surface area (TPSA) is 69.6 Å². The summed E-state index contributed by atoms with van der Waals surface area (Å²) in [5, 5.41) is 14.4. The smallest absolute Gasteiger partial charge is 0.210 e. The highest BCUT2D eigenvalue weighted by molar-refractivity contribution is 7.98. The molecule has 0 saturated heterocycles. The van der Waals surface area contributed by atoms with Gasteiger partial charge in [-0.15, -0.1) is 16.4 Å². The Bertz CT molecular complexity index is 934. The van der Waals surface area contributed by atoms with E-state index in [0.29, 0.717) is 34.4 Å². The molecule has 0 N–H and O–H groups in total. The maximum Gasteiger partial charge on any atom is 0.210 e. The van der Waals surface area contributed by atoms with Crippen LogP contribution in [0.4, 0.5) is 4.39 Å². The van der Waals surface area contributed by atoms with Gasteiger partial charge in [0.2, 0.25) is 11.0 Å². The summed E-state index contributed by atoms with van der Waals surface area (Å²) in [7, 11) is 0. The largest absolute Gasteiger partial charge is 0.440 e. The van der Waals surface area contributed by atoms with Crippen LogP contribution in [0.1, 0.15) is 10.8 Å². The molecule has 23 heavy (non-hydrogen) atoms. The van der Waals surface area contributed by atoms with E-state index >= 15 is 0 Å². The second kappa shape index (κ2) is 6.09. The van der Waals surface area contributed by atoms with Gasteiger partial charge < -0.3 is 4.42 Å². The van der Waals surface area contributed by atoms with Gasteiger partial charge in [-0.25, -0.2) is 14.1 Å². The molecule has 3 heterocycles. The second-order valence-corrected chi connectivity index (χ2v) is 6.68. The fourth-order valence-electron chi connectivity index (χ4n) is 2.08. The van der Waals surface area contributed by atoms with Crippen LogP contribution in [-0.2, 0) is 12.3 Å². The standard InChI is InChI=1S/C14H10FN5OS2/c15-9-3-4-11-12(6-9)21-13(16-11)8-23-14-17-18-19-20(14)7-10-2-1-5-22-10/h1-6H,7-8H2. The highest BCUT2D eigenvalue weighted by Gasteiger charge is 2.12. The van der Waals surface area contributed by atoms with Gasteiger partial charge in [-0.1, -0.05) is 17.8 Å². The third-order valence-electron chi connectivity index (χ3n) is 3.10. The molecule has 0 amide bonds. The molecule has 0 atom stereocenters. The van der Waals surface area contributed by atoms with Gasteiger partial charge in [0.05, 0.1) is 12.3 Å². The molecule has 0 aliphatic rings. The molecule has 0 fully saturated rings. The molecule has 0 saturated carbocycles. The van der Waals surface area contributed by atoms with E-state index in [2.05, 4.69) is 20.5 Å². The molecule has 0 aliphatic heterocycles. The Kier molecular flexibility index (Phi) is 3.80. The van der Waals surface area contributed by atoms with Crippen molar-refractivity contribution in [3.05, 3.63) is 52.3 Å². The minimum absolute atomic E-state index is 0.340. The number of benzene rings is 1. The van der Waals surface area contributed by atoms with Gasteiger partial charge in [-0.3, -0.25) is 0 Å². The lowest BCUT2D eigenvalue weighted by Gasteiger charge is -2.01. The second-order valence-electron chi connectivity index (χ2n) is 4.71. The van der Waals surface area contributed by atoms with Crippen LogP contribution in [0.25, 0.3) is 11.1 Å². The summed E-state index contributed by atoms with van der Waals surface area (Å²) < 4.78 is 20.4. The summed E-state index contributed by atoms with van der Waals surface area (Å²) in [5.41, 5.74) is 1.08. The van der Waals surface area contributed by atoms with Crippen LogP contribution in [0, 0.1) is 5.82 Å². The fraction of sp³-hybridized carbons (Fsp3) is 0.143. The molecule has 116 valence electrons. The van der Waals surface area contributed by atoms with Crippen molar-refractivity contribution in [2.24, 2.45) is 0 Å². The van der Waals surface area contributed by atoms with E-state index in [0.717, 1.165) is 0 Å². The molecule has 9 heteroatoms. The van der Waals surface area contributed by atoms with Crippen molar-refractivity contribution < 1.29 is 8.81 Å². The summed E-state index contributed by atoms with van der Waals surface area (Å²) in [4.78, 5) is 5.51. The molecular weight excluding hydrogens is 337 g/mol. The predicted molar refractivity (Wildman–Crippen MR) is 84.8 cm³/mol. The van der Waals surface area contributed by atoms with E-state index in [1.807, 2.05) is 17.5 Å². The van der Waals surface area contributed by atoms with Gasteiger partial charge in [-0.05, 0) is 34.0 Å². The zero-order valence-corrected chi connectivity index (χ0v) is 13.4. The van der Waals surface area contributed by atoms with Crippen molar-refractivity contribution >= 4 is 34.2 Å². The number of hydrogen-bond acceptors (Lipinski definition) is 7. The molecular formula is C14H10FN5OS2. The summed E-state index contributed by atoms with van der Waals surface area (Å²) >= 11 is 3.09. The van der Waals surface area contributed by atoms with Crippen LogP contribution in [0.5, 0.6) is 0 Å². The molecule has 4 aromatic rings. The van der Waals surface area contributed by atoms with Crippen molar-refractivity contribution in [1.29, 1.82) is 0 Å². The number of nitrogens with zero attached hydrogens (tertiary/aromatic N) is 5. The summed E-state index contributed by atoms with van der Waals surface area (Å²) in [6.45, 7) is 0.631. The van der Waals surface area contributed by atoms with Crippen molar-refractivity contribution in [2.45, 2.75) is 17.5 Å². The van der Waals surface area contributed by atoms with Gasteiger partial charge in [0, 0.05) is 10.9 Å². The van der Waals surface area contributed by atoms with Crippen LogP contribution in [0.15, 0.2) is 45.3 Å². The van der Waals surface area contributed by atoms with Gasteiger partial charge >= 0.3 is 0 Å². The molecule has 6 nitrogen and oxygen atoms in total. The van der Waals surface area contributed by atoms with Crippen LogP contribution >= 0.6 is 23.1 Å². The van der Waals surface area contributed by atoms with Crippen LogP contribution in [0.2, 0.25) is 0 Å². The lowest BCUT2D eigenvalue weighted by Crippen LogP contribution is -2.02. The molecule has 4 rings (SSSR count). The molecule has 3 aromatic heterocycles. The molecule has 0 spiro atoms. The zero-order valence-electron chi connectivity index (χ0n) is 11.7. The first-order valence-electron chi connectivity index (χ1n) is 6.74. The fourth-order valence-corrected chi connectivity index (χ4v) is 3.49. The van der Waals surface area contributed by atoms with Crippen LogP contribution in [0.3, 0.4) is 0 Å². The number of oxazole rings is 1. The lowest BCUT2D eigenvalue weighted by atomic mass is 10.3. The Hall–Kier alpha value is -2.26. The van der Waals surface area contributed by atoms with E-state index in [4.69, 9.17) is 4.42 Å². The van der Waals surface area contributed by atoms with E-state index in [1.165, 1.54) is 28.8 Å². The number of thiophene rings is 1. The number of thioether (sulfide) groups is 1. The number of tetrazole rings is 1. The SMILES string of the molecule is Fc1ccc2nc(CSc3nnnn3Cc3cccs3)oc2c1. The maximum atomic E-state index is 13.2. The van der Waals surface area contributed by atoms with Crippen molar-refractivity contribution in [1.82, 2.24) is 25.2 Å². The number of aromatic nitrogens is 5. The Morgan fingerprint density at radius 1 is 1.30 bits per heavy atom. The molecule has 0 bridgehead atoms. The molecule has 0 unspecified atom stereocenters. The van der Waals surface area contributed by atoms with Crippen LogP contribution in [-0.4, -0.2) is 25.2 Å². The third-order valence-corrected chi connectivity index (χ3v) is 4.91. The normalized spacial score (nSPS) is 11.3. The number of hydrogen-bond donors (Lipinski definition) is 0. The van der Waals surface area contributed by atoms with Gasteiger partial charge in [0.1, 0.15) is 11.3 Å². The summed E-state index contributed by atoms with van der Waals surface area (Å²) in [6.07, 6.45) is 0. The minimum Gasteiger partial charge on any atom is -0.440 e. The Balaban J connectivity index is 1.49. The number of rotatable bonds is 5. The van der Waals surface area contributed by atoms with E-state index < -0.39 is 0 Å². The Morgan fingerprint density at radius 3 is 3.13 bits per heavy atom. The maximum absolute atomic E-state index is 13.2. The number of halogens is 1.